The van der Waals surface area contributed by atoms with Gasteiger partial charge in [-0.15, -0.1) is 0 Å². The largest absolute Gasteiger partial charge is 0.392 e. The molecule has 3 fully saturated rings. The van der Waals surface area contributed by atoms with Crippen LogP contribution < -0.4 is 0 Å². The molecule has 2 bridgehead atoms. The van der Waals surface area contributed by atoms with Gasteiger partial charge in [-0.1, -0.05) is 11.6 Å². The Morgan fingerprint density at radius 1 is 1.56 bits per heavy atom. The summed E-state index contributed by atoms with van der Waals surface area (Å²) in [5.41, 5.74) is 0.906. The summed E-state index contributed by atoms with van der Waals surface area (Å²) in [5, 5.41) is 10.1. The number of carbonyl (C=O) groups is 1. The van der Waals surface area contributed by atoms with E-state index < -0.39 is 0 Å². The number of aliphatic hydroxyl groups is 1. The van der Waals surface area contributed by atoms with Crippen molar-refractivity contribution in [1.29, 1.82) is 0 Å². The Bertz CT molecular complexity index is 315. The first kappa shape index (κ1) is 11.8. The monoisotopic (exact) mass is 222 g/mol. The summed E-state index contributed by atoms with van der Waals surface area (Å²) in [5.74, 6) is 0.789. The lowest BCUT2D eigenvalue weighted by Gasteiger charge is -2.48. The van der Waals surface area contributed by atoms with Crippen LogP contribution in [0.25, 0.3) is 0 Å². The van der Waals surface area contributed by atoms with Crippen LogP contribution in [-0.4, -0.2) is 17.0 Å². The highest BCUT2D eigenvalue weighted by Crippen LogP contribution is 2.50. The summed E-state index contributed by atoms with van der Waals surface area (Å²) < 4.78 is 0. The van der Waals surface area contributed by atoms with Crippen molar-refractivity contribution < 1.29 is 9.90 Å². The maximum absolute atomic E-state index is 12.1. The van der Waals surface area contributed by atoms with Crippen LogP contribution in [0.2, 0.25) is 0 Å². The number of fused-ring (bicyclic) bond motifs is 3. The van der Waals surface area contributed by atoms with Gasteiger partial charge in [0, 0.05) is 6.42 Å². The molecule has 2 nitrogen and oxygen atoms in total. The Balaban J connectivity index is 2.08. The van der Waals surface area contributed by atoms with Crippen molar-refractivity contribution in [2.75, 3.05) is 0 Å². The van der Waals surface area contributed by atoms with Crippen LogP contribution in [0.5, 0.6) is 0 Å². The average molecular weight is 222 g/mol. The minimum atomic E-state index is -0.388. The van der Waals surface area contributed by atoms with E-state index in [1.807, 2.05) is 0 Å². The number of aliphatic hydroxyl groups excluding tert-OH is 1. The zero-order valence-corrected chi connectivity index (χ0v) is 10.3. The molecule has 2 heteroatoms. The molecule has 0 aromatic heterocycles. The van der Waals surface area contributed by atoms with Crippen LogP contribution in [0.4, 0.5) is 0 Å². The van der Waals surface area contributed by atoms with Crippen LogP contribution in [0.1, 0.15) is 52.4 Å². The van der Waals surface area contributed by atoms with Gasteiger partial charge in [0.2, 0.25) is 0 Å². The van der Waals surface area contributed by atoms with Gasteiger partial charge in [-0.25, -0.2) is 0 Å². The second-order valence-electron chi connectivity index (χ2n) is 5.76. The number of hydrogen-bond donors (Lipinski definition) is 1. The highest BCUT2D eigenvalue weighted by molar-refractivity contribution is 5.87. The second-order valence-corrected chi connectivity index (χ2v) is 5.76. The standard InChI is InChI=1S/C14H22O2/c1-10(2)4-3-6-14-7-5-11(8-12(14)15)9-13(14)16/h4,11-12,15H,3,5-9H2,1-2H3/t11-,12+,14+/m1/s1. The molecule has 3 saturated carbocycles. The van der Waals surface area contributed by atoms with Crippen molar-refractivity contribution >= 4 is 5.78 Å². The van der Waals surface area contributed by atoms with Crippen LogP contribution in [0, 0.1) is 11.3 Å². The van der Waals surface area contributed by atoms with Crippen LogP contribution in [0.15, 0.2) is 11.6 Å². The first-order chi connectivity index (χ1) is 7.54. The number of rotatable bonds is 3. The fourth-order valence-corrected chi connectivity index (χ4v) is 3.31. The normalized spacial score (nSPS) is 37.6. The van der Waals surface area contributed by atoms with Crippen LogP contribution in [-0.2, 0) is 4.79 Å². The van der Waals surface area contributed by atoms with Gasteiger partial charge in [0.1, 0.15) is 5.78 Å². The Kier molecular flexibility index (Phi) is 3.20. The molecule has 0 radical (unpaired) electrons. The molecule has 0 heterocycles. The van der Waals surface area contributed by atoms with E-state index >= 15 is 0 Å². The lowest BCUT2D eigenvalue weighted by Crippen LogP contribution is -2.52. The van der Waals surface area contributed by atoms with Crippen molar-refractivity contribution in [3.8, 4) is 0 Å². The fourth-order valence-electron chi connectivity index (χ4n) is 3.31. The molecule has 3 rings (SSSR count). The number of allylic oxidation sites excluding steroid dienone is 2. The molecule has 3 aliphatic rings. The lowest BCUT2D eigenvalue weighted by molar-refractivity contribution is -0.152. The molecule has 0 saturated heterocycles. The predicted molar refractivity (Wildman–Crippen MR) is 64.1 cm³/mol. The molecule has 0 aromatic rings. The minimum Gasteiger partial charge on any atom is -0.392 e. The van der Waals surface area contributed by atoms with Crippen molar-refractivity contribution in [2.45, 2.75) is 58.5 Å². The molecule has 0 aromatic carbocycles. The molecule has 3 aliphatic carbocycles. The molecular formula is C14H22O2. The number of hydrogen-bond acceptors (Lipinski definition) is 2. The molecule has 0 aliphatic heterocycles. The molecule has 0 spiro atoms. The molecule has 1 N–H and O–H groups in total. The van der Waals surface area contributed by atoms with Gasteiger partial charge in [-0.3, -0.25) is 4.79 Å². The fraction of sp³-hybridized carbons (Fsp3) is 0.786. The van der Waals surface area contributed by atoms with Crippen molar-refractivity contribution in [2.24, 2.45) is 11.3 Å². The molecular weight excluding hydrogens is 200 g/mol. The van der Waals surface area contributed by atoms with Crippen LogP contribution >= 0.6 is 0 Å². The summed E-state index contributed by atoms with van der Waals surface area (Å²) >= 11 is 0. The van der Waals surface area contributed by atoms with Gasteiger partial charge in [0.15, 0.2) is 0 Å². The highest BCUT2D eigenvalue weighted by atomic mass is 16.3. The van der Waals surface area contributed by atoms with E-state index in [1.165, 1.54) is 5.57 Å². The zero-order valence-electron chi connectivity index (χ0n) is 10.3. The first-order valence-corrected chi connectivity index (χ1v) is 6.39. The smallest absolute Gasteiger partial charge is 0.141 e. The topological polar surface area (TPSA) is 37.3 Å². The summed E-state index contributed by atoms with van der Waals surface area (Å²) in [7, 11) is 0. The van der Waals surface area contributed by atoms with E-state index in [4.69, 9.17) is 0 Å². The third-order valence-corrected chi connectivity index (χ3v) is 4.37. The van der Waals surface area contributed by atoms with Gasteiger partial charge >= 0.3 is 0 Å². The van der Waals surface area contributed by atoms with E-state index in [2.05, 4.69) is 19.9 Å². The van der Waals surface area contributed by atoms with E-state index in [0.717, 1.165) is 32.1 Å². The molecule has 3 atom stereocenters. The first-order valence-electron chi connectivity index (χ1n) is 6.39. The number of Topliss-reactive ketones (excluding diaryl/α,β-unsaturated/α-hetero) is 1. The Morgan fingerprint density at radius 2 is 2.31 bits per heavy atom. The minimum absolute atomic E-state index is 0.324. The molecule has 0 amide bonds. The molecule has 16 heavy (non-hydrogen) atoms. The Hall–Kier alpha value is -0.630. The van der Waals surface area contributed by atoms with Gasteiger partial charge in [-0.2, -0.15) is 0 Å². The van der Waals surface area contributed by atoms with E-state index in [1.54, 1.807) is 0 Å². The maximum Gasteiger partial charge on any atom is 0.141 e. The van der Waals surface area contributed by atoms with Gasteiger partial charge in [-0.05, 0) is 51.9 Å². The summed E-state index contributed by atoms with van der Waals surface area (Å²) in [6.45, 7) is 4.15. The highest BCUT2D eigenvalue weighted by Gasteiger charge is 2.52. The SMILES string of the molecule is CC(C)=CCC[C@@]12CC[C@@H](CC1=O)C[C@@H]2O. The van der Waals surface area contributed by atoms with Crippen molar-refractivity contribution in [1.82, 2.24) is 0 Å². The van der Waals surface area contributed by atoms with E-state index in [0.29, 0.717) is 18.1 Å². The summed E-state index contributed by atoms with van der Waals surface area (Å²) in [6, 6.07) is 0. The van der Waals surface area contributed by atoms with Crippen molar-refractivity contribution in [3.05, 3.63) is 11.6 Å². The number of ketones is 1. The summed E-state index contributed by atoms with van der Waals surface area (Å²) in [6.07, 6.45) is 7.17. The Morgan fingerprint density at radius 3 is 2.88 bits per heavy atom. The third kappa shape index (κ3) is 1.95. The molecule has 90 valence electrons. The second kappa shape index (κ2) is 4.33. The average Bonchev–Trinajstić information content (AvgIpc) is 2.19. The van der Waals surface area contributed by atoms with E-state index in [9.17, 15) is 9.90 Å². The zero-order chi connectivity index (χ0) is 11.8. The van der Waals surface area contributed by atoms with E-state index in [-0.39, 0.29) is 11.5 Å². The number of carbonyl (C=O) groups excluding carboxylic acids is 1. The van der Waals surface area contributed by atoms with Crippen molar-refractivity contribution in [3.63, 3.8) is 0 Å². The Labute approximate surface area is 97.7 Å². The van der Waals surface area contributed by atoms with Gasteiger partial charge < -0.3 is 5.11 Å². The molecule has 0 unspecified atom stereocenters. The maximum atomic E-state index is 12.1. The quantitative estimate of drug-likeness (QED) is 0.745. The van der Waals surface area contributed by atoms with Gasteiger partial charge in [0.25, 0.3) is 0 Å². The van der Waals surface area contributed by atoms with Crippen LogP contribution in [0.3, 0.4) is 0 Å². The lowest BCUT2D eigenvalue weighted by atomic mass is 9.56. The third-order valence-electron chi connectivity index (χ3n) is 4.37. The van der Waals surface area contributed by atoms with Gasteiger partial charge in [0.05, 0.1) is 11.5 Å². The predicted octanol–water partition coefficient (Wildman–Crippen LogP) is 2.85. The summed E-state index contributed by atoms with van der Waals surface area (Å²) in [4.78, 5) is 12.1.